The first-order valence-electron chi connectivity index (χ1n) is 8.49. The molecule has 3 aromatic rings. The first kappa shape index (κ1) is 22.4. The van der Waals surface area contributed by atoms with E-state index in [4.69, 9.17) is 0 Å². The van der Waals surface area contributed by atoms with Gasteiger partial charge in [0, 0.05) is 17.7 Å². The maximum Gasteiger partial charge on any atom is 0.673 e. The fourth-order valence-corrected chi connectivity index (χ4v) is 3.66. The number of hydrogen-bond acceptors (Lipinski definition) is 2. The Hall–Kier alpha value is -2.88. The predicted octanol–water partition coefficient (Wildman–Crippen LogP) is 4.21. The quantitative estimate of drug-likeness (QED) is 0.357. The van der Waals surface area contributed by atoms with Crippen LogP contribution in [0.25, 0.3) is 11.3 Å². The summed E-state index contributed by atoms with van der Waals surface area (Å²) in [6.07, 6.45) is 1.74. The Labute approximate surface area is 167 Å². The number of halogens is 4. The summed E-state index contributed by atoms with van der Waals surface area (Å²) >= 11 is 0. The molecule has 0 unspecified atom stereocenters. The van der Waals surface area contributed by atoms with E-state index in [1.807, 2.05) is 55.5 Å². The summed E-state index contributed by atoms with van der Waals surface area (Å²) in [4.78, 5) is 0.269. The lowest BCUT2D eigenvalue weighted by molar-refractivity contribution is -0.662. The van der Waals surface area contributed by atoms with Gasteiger partial charge in [-0.1, -0.05) is 45.0 Å². The molecular weight excluding hydrogens is 407 g/mol. The lowest BCUT2D eigenvalue weighted by atomic mass is 10.1. The van der Waals surface area contributed by atoms with Gasteiger partial charge in [-0.2, -0.15) is 8.42 Å². The van der Waals surface area contributed by atoms with Crippen molar-refractivity contribution in [1.29, 1.82) is 0 Å². The van der Waals surface area contributed by atoms with Crippen LogP contribution in [0.5, 0.6) is 0 Å². The lowest BCUT2D eigenvalue weighted by Crippen LogP contribution is -2.59. The van der Waals surface area contributed by atoms with Gasteiger partial charge in [0.15, 0.2) is 0 Å². The average molecular weight is 426 g/mol. The molecule has 0 aliphatic heterocycles. The summed E-state index contributed by atoms with van der Waals surface area (Å²) in [7, 11) is -8.09. The molecule has 0 radical (unpaired) electrons. The molecule has 0 fully saturated rings. The standard InChI is InChI=1S/C19H19N2O2S.BF4/c1-16-11-13-18(14-12-16)24(22,23)20(2)21-15-7-6-10-19(21)17-8-4-3-5-9-17;2-1(3,4)5/h3-15H,1-2H3;/q+1;-1. The molecule has 0 bridgehead atoms. The number of nitrogens with zero attached hydrogens (tertiary/aromatic N) is 2. The van der Waals surface area contributed by atoms with Crippen LogP contribution in [-0.4, -0.2) is 22.7 Å². The molecule has 0 saturated heterocycles. The molecule has 10 heteroatoms. The summed E-state index contributed by atoms with van der Waals surface area (Å²) < 4.78 is 67.8. The number of aryl methyl sites for hydroxylation is 1. The first-order valence-corrected chi connectivity index (χ1v) is 9.93. The van der Waals surface area contributed by atoms with Crippen LogP contribution in [-0.2, 0) is 10.0 Å². The van der Waals surface area contributed by atoms with Crippen molar-refractivity contribution in [2.45, 2.75) is 11.8 Å². The fraction of sp³-hybridized carbons (Fsp3) is 0.105. The predicted molar refractivity (Wildman–Crippen MR) is 105 cm³/mol. The Kier molecular flexibility index (Phi) is 7.02. The molecule has 0 spiro atoms. The first-order chi connectivity index (χ1) is 13.5. The number of rotatable bonds is 4. The number of pyridine rings is 1. The molecule has 29 heavy (non-hydrogen) atoms. The highest BCUT2D eigenvalue weighted by Crippen LogP contribution is 2.17. The van der Waals surface area contributed by atoms with Crippen LogP contribution < -0.4 is 9.09 Å². The van der Waals surface area contributed by atoms with Crippen molar-refractivity contribution < 1.29 is 30.4 Å². The largest absolute Gasteiger partial charge is 0.673 e. The number of sulfonamides is 1. The maximum atomic E-state index is 12.9. The van der Waals surface area contributed by atoms with Crippen LogP contribution >= 0.6 is 0 Å². The van der Waals surface area contributed by atoms with Gasteiger partial charge in [-0.3, -0.25) is 0 Å². The van der Waals surface area contributed by atoms with E-state index in [0.717, 1.165) is 16.8 Å². The SMILES string of the molecule is Cc1ccc(S(=O)(=O)N(C)[n+]2ccccc2-c2ccccc2)cc1.F[B-](F)(F)F. The third kappa shape index (κ3) is 6.32. The molecule has 1 heterocycles. The van der Waals surface area contributed by atoms with Gasteiger partial charge in [0.2, 0.25) is 11.9 Å². The molecule has 0 atom stereocenters. The van der Waals surface area contributed by atoms with Gasteiger partial charge in [0.05, 0.1) is 11.9 Å². The van der Waals surface area contributed by atoms with Crippen LogP contribution in [0.2, 0.25) is 0 Å². The van der Waals surface area contributed by atoms with Gasteiger partial charge < -0.3 is 17.3 Å². The highest BCUT2D eigenvalue weighted by Gasteiger charge is 2.29. The van der Waals surface area contributed by atoms with E-state index in [1.54, 1.807) is 42.2 Å². The summed E-state index contributed by atoms with van der Waals surface area (Å²) in [5.74, 6) is 0. The zero-order valence-electron chi connectivity index (χ0n) is 15.7. The second-order valence-corrected chi connectivity index (χ2v) is 7.99. The van der Waals surface area contributed by atoms with E-state index >= 15 is 0 Å². The monoisotopic (exact) mass is 426 g/mol. The van der Waals surface area contributed by atoms with Crippen LogP contribution in [0, 0.1) is 6.92 Å². The van der Waals surface area contributed by atoms with E-state index in [2.05, 4.69) is 0 Å². The van der Waals surface area contributed by atoms with Crippen molar-refractivity contribution >= 4 is 17.3 Å². The van der Waals surface area contributed by atoms with E-state index in [1.165, 1.54) is 4.41 Å². The van der Waals surface area contributed by atoms with Gasteiger partial charge in [0.25, 0.3) is 0 Å². The molecular formula is C19H19BF4N2O2S. The Morgan fingerprint density at radius 1 is 0.828 bits per heavy atom. The lowest BCUT2D eigenvalue weighted by Gasteiger charge is -2.15. The second kappa shape index (κ2) is 9.08. The van der Waals surface area contributed by atoms with Gasteiger partial charge >= 0.3 is 17.3 Å². The van der Waals surface area contributed by atoms with Crippen molar-refractivity contribution in [1.82, 2.24) is 0 Å². The minimum Gasteiger partial charge on any atom is -0.418 e. The second-order valence-electron chi connectivity index (χ2n) is 6.04. The molecule has 0 aliphatic carbocycles. The molecule has 0 amide bonds. The van der Waals surface area contributed by atoms with Crippen molar-refractivity contribution in [2.75, 3.05) is 11.5 Å². The number of aromatic nitrogens is 1. The van der Waals surface area contributed by atoms with Crippen LogP contribution in [0.4, 0.5) is 17.3 Å². The van der Waals surface area contributed by atoms with E-state index in [0.29, 0.717) is 0 Å². The Balaban J connectivity index is 0.000000537. The Morgan fingerprint density at radius 2 is 1.34 bits per heavy atom. The number of hydrogen-bond donors (Lipinski definition) is 0. The van der Waals surface area contributed by atoms with Gasteiger partial charge in [-0.15, -0.1) is 0 Å². The van der Waals surface area contributed by atoms with Crippen LogP contribution in [0.15, 0.2) is 83.9 Å². The normalized spacial score (nSPS) is 11.4. The summed E-state index contributed by atoms with van der Waals surface area (Å²) in [5, 5.41) is 0. The minimum absolute atomic E-state index is 0.269. The number of benzene rings is 2. The summed E-state index contributed by atoms with van der Waals surface area (Å²) in [6, 6.07) is 22.2. The molecule has 4 nitrogen and oxygen atoms in total. The molecule has 1 aromatic heterocycles. The van der Waals surface area contributed by atoms with Crippen LogP contribution in [0.3, 0.4) is 0 Å². The zero-order chi connectivity index (χ0) is 21.7. The molecule has 0 saturated carbocycles. The average Bonchev–Trinajstić information content (AvgIpc) is 2.67. The molecule has 0 aliphatic rings. The summed E-state index contributed by atoms with van der Waals surface area (Å²) in [5.41, 5.74) is 2.77. The maximum absolute atomic E-state index is 12.9. The minimum atomic E-state index is -6.00. The smallest absolute Gasteiger partial charge is 0.418 e. The van der Waals surface area contributed by atoms with Crippen molar-refractivity contribution in [3.8, 4) is 11.3 Å². The van der Waals surface area contributed by atoms with Crippen molar-refractivity contribution in [2.24, 2.45) is 0 Å². The highest BCUT2D eigenvalue weighted by atomic mass is 32.2. The van der Waals surface area contributed by atoms with Gasteiger partial charge in [-0.05, 0) is 37.3 Å². The van der Waals surface area contributed by atoms with E-state index in [9.17, 15) is 25.7 Å². The fourth-order valence-electron chi connectivity index (χ4n) is 2.50. The van der Waals surface area contributed by atoms with Crippen molar-refractivity contribution in [3.05, 3.63) is 84.6 Å². The van der Waals surface area contributed by atoms with Gasteiger partial charge in [-0.25, -0.2) is 0 Å². The van der Waals surface area contributed by atoms with Gasteiger partial charge in [0.1, 0.15) is 0 Å². The molecule has 2 aromatic carbocycles. The Morgan fingerprint density at radius 3 is 1.90 bits per heavy atom. The third-order valence-electron chi connectivity index (χ3n) is 3.88. The topological polar surface area (TPSA) is 41.3 Å². The Bertz CT molecular complexity index is 1040. The highest BCUT2D eigenvalue weighted by molar-refractivity contribution is 7.92. The molecule has 154 valence electrons. The third-order valence-corrected chi connectivity index (χ3v) is 5.62. The molecule has 3 rings (SSSR count). The molecule has 0 N–H and O–H groups in total. The van der Waals surface area contributed by atoms with E-state index < -0.39 is 17.3 Å². The summed E-state index contributed by atoms with van der Waals surface area (Å²) in [6.45, 7) is 1.93. The van der Waals surface area contributed by atoms with E-state index in [-0.39, 0.29) is 4.90 Å². The van der Waals surface area contributed by atoms with Crippen molar-refractivity contribution in [3.63, 3.8) is 0 Å². The van der Waals surface area contributed by atoms with Crippen LogP contribution in [0.1, 0.15) is 5.56 Å². The zero-order valence-corrected chi connectivity index (χ0v) is 16.5.